The van der Waals surface area contributed by atoms with Gasteiger partial charge in [0, 0.05) is 4.47 Å². The smallest absolute Gasteiger partial charge is 0.309 e. The highest BCUT2D eigenvalue weighted by Crippen LogP contribution is 2.50. The molecule has 4 heteroatoms. The fourth-order valence-corrected chi connectivity index (χ4v) is 3.00. The molecule has 1 unspecified atom stereocenters. The van der Waals surface area contributed by atoms with Crippen LogP contribution in [-0.4, -0.2) is 11.1 Å². The zero-order valence-electron chi connectivity index (χ0n) is 11.5. The first-order chi connectivity index (χ1) is 9.42. The van der Waals surface area contributed by atoms with Crippen molar-refractivity contribution in [2.24, 2.45) is 5.41 Å². The number of rotatable bonds is 6. The summed E-state index contributed by atoms with van der Waals surface area (Å²) in [5.74, 6) is -0.682. The van der Waals surface area contributed by atoms with E-state index in [2.05, 4.69) is 22.0 Å². The molecule has 0 aromatic heterocycles. The molecule has 0 amide bonds. The van der Waals surface area contributed by atoms with Crippen LogP contribution in [0.4, 0.5) is 0 Å². The topological polar surface area (TPSA) is 61.1 Å². The number of aliphatic carboxylic acids is 1. The molecule has 0 saturated heterocycles. The Morgan fingerprint density at radius 3 is 2.75 bits per heavy atom. The van der Waals surface area contributed by atoms with Crippen LogP contribution < -0.4 is 0 Å². The Bertz CT molecular complexity index is 560. The zero-order valence-corrected chi connectivity index (χ0v) is 13.1. The largest absolute Gasteiger partial charge is 0.481 e. The molecule has 1 fully saturated rings. The fraction of sp³-hybridized carbons (Fsp3) is 0.500. The van der Waals surface area contributed by atoms with Gasteiger partial charge in [0.1, 0.15) is 0 Å². The molecule has 1 aromatic carbocycles. The number of halogens is 1. The van der Waals surface area contributed by atoms with Crippen molar-refractivity contribution in [3.05, 3.63) is 34.3 Å². The third-order valence-corrected chi connectivity index (χ3v) is 4.84. The summed E-state index contributed by atoms with van der Waals surface area (Å²) < 4.78 is 0.959. The maximum Gasteiger partial charge on any atom is 0.309 e. The minimum atomic E-state index is -0.682. The molecule has 106 valence electrons. The summed E-state index contributed by atoms with van der Waals surface area (Å²) >= 11 is 3.43. The Morgan fingerprint density at radius 1 is 1.55 bits per heavy atom. The van der Waals surface area contributed by atoms with Crippen molar-refractivity contribution in [1.29, 1.82) is 5.26 Å². The second-order valence-electron chi connectivity index (χ2n) is 5.89. The van der Waals surface area contributed by atoms with Crippen molar-refractivity contribution < 1.29 is 9.90 Å². The minimum absolute atomic E-state index is 0.492. The average molecular weight is 336 g/mol. The predicted octanol–water partition coefficient (Wildman–Crippen LogP) is 4.27. The van der Waals surface area contributed by atoms with Gasteiger partial charge in [0.2, 0.25) is 0 Å². The first-order valence-corrected chi connectivity index (χ1v) is 7.62. The van der Waals surface area contributed by atoms with Crippen LogP contribution >= 0.6 is 15.9 Å². The fourth-order valence-electron chi connectivity index (χ4n) is 2.60. The Labute approximate surface area is 127 Å². The highest BCUT2D eigenvalue weighted by Gasteiger charge is 2.49. The first kappa shape index (κ1) is 15.1. The van der Waals surface area contributed by atoms with Crippen LogP contribution in [0.2, 0.25) is 0 Å². The lowest BCUT2D eigenvalue weighted by atomic mass is 9.78. The second-order valence-corrected chi connectivity index (χ2v) is 6.81. The zero-order chi connectivity index (χ0) is 14.8. The van der Waals surface area contributed by atoms with Gasteiger partial charge >= 0.3 is 5.97 Å². The molecular formula is C16H18BrNO2. The van der Waals surface area contributed by atoms with Crippen molar-refractivity contribution >= 4 is 21.9 Å². The average Bonchev–Trinajstić information content (AvgIpc) is 3.20. The van der Waals surface area contributed by atoms with E-state index >= 15 is 0 Å². The molecule has 20 heavy (non-hydrogen) atoms. The second kappa shape index (κ2) is 5.57. The van der Waals surface area contributed by atoms with Gasteiger partial charge in [-0.2, -0.15) is 5.26 Å². The van der Waals surface area contributed by atoms with E-state index in [1.807, 2.05) is 31.2 Å². The molecule has 0 spiro atoms. The van der Waals surface area contributed by atoms with Crippen LogP contribution in [0.15, 0.2) is 28.7 Å². The molecule has 1 N–H and O–H groups in total. The number of carboxylic acids is 1. The number of hydrogen-bond acceptors (Lipinski definition) is 2. The van der Waals surface area contributed by atoms with Crippen molar-refractivity contribution in [3.63, 3.8) is 0 Å². The van der Waals surface area contributed by atoms with E-state index in [1.54, 1.807) is 0 Å². The Kier molecular flexibility index (Phi) is 4.19. The molecule has 1 saturated carbocycles. The highest BCUT2D eigenvalue weighted by molar-refractivity contribution is 9.10. The van der Waals surface area contributed by atoms with Crippen LogP contribution in [-0.2, 0) is 10.2 Å². The molecule has 0 radical (unpaired) electrons. The van der Waals surface area contributed by atoms with E-state index in [0.717, 1.165) is 29.3 Å². The maximum atomic E-state index is 11.2. The monoisotopic (exact) mass is 335 g/mol. The number of nitrogens with zero attached hydrogens (tertiary/aromatic N) is 1. The van der Waals surface area contributed by atoms with Gasteiger partial charge in [0.25, 0.3) is 0 Å². The molecule has 1 aliphatic carbocycles. The molecular weight excluding hydrogens is 318 g/mol. The van der Waals surface area contributed by atoms with Crippen LogP contribution in [0.3, 0.4) is 0 Å². The summed E-state index contributed by atoms with van der Waals surface area (Å²) in [6, 6.07) is 10.2. The molecule has 0 aliphatic heterocycles. The summed E-state index contributed by atoms with van der Waals surface area (Å²) in [6.07, 6.45) is 3.69. The molecule has 0 bridgehead atoms. The number of carbonyl (C=O) groups is 1. The Balaban J connectivity index is 2.02. The number of carboxylic acid groups (broad SMARTS) is 1. The van der Waals surface area contributed by atoms with Crippen molar-refractivity contribution in [1.82, 2.24) is 0 Å². The van der Waals surface area contributed by atoms with Crippen molar-refractivity contribution in [3.8, 4) is 6.07 Å². The molecule has 1 aromatic rings. The van der Waals surface area contributed by atoms with Gasteiger partial charge in [-0.05, 0) is 50.3 Å². The summed E-state index contributed by atoms with van der Waals surface area (Å²) in [5, 5.41) is 18.7. The Morgan fingerprint density at radius 2 is 2.25 bits per heavy atom. The van der Waals surface area contributed by atoms with Crippen LogP contribution in [0, 0.1) is 16.7 Å². The standard InChI is InChI=1S/C16H18BrNO2/c1-15(11-18,12-4-2-5-13(17)10-12)6-3-7-16(8-9-16)14(19)20/h2,4-5,10H,3,6-9H2,1H3,(H,19,20). The van der Waals surface area contributed by atoms with Crippen molar-refractivity contribution in [2.45, 2.75) is 44.4 Å². The van der Waals surface area contributed by atoms with E-state index in [4.69, 9.17) is 0 Å². The number of nitriles is 1. The predicted molar refractivity (Wildman–Crippen MR) is 80.3 cm³/mol. The van der Waals surface area contributed by atoms with Gasteiger partial charge in [-0.15, -0.1) is 0 Å². The third-order valence-electron chi connectivity index (χ3n) is 4.35. The number of benzene rings is 1. The van der Waals surface area contributed by atoms with E-state index in [-0.39, 0.29) is 0 Å². The molecule has 1 atom stereocenters. The van der Waals surface area contributed by atoms with Crippen LogP contribution in [0.5, 0.6) is 0 Å². The molecule has 1 aliphatic rings. The Hall–Kier alpha value is -1.34. The lowest BCUT2D eigenvalue weighted by molar-refractivity contribution is -0.143. The van der Waals surface area contributed by atoms with Gasteiger partial charge in [-0.1, -0.05) is 34.5 Å². The number of hydrogen-bond donors (Lipinski definition) is 1. The molecule has 3 nitrogen and oxygen atoms in total. The minimum Gasteiger partial charge on any atom is -0.481 e. The van der Waals surface area contributed by atoms with Gasteiger partial charge in [0.15, 0.2) is 0 Å². The van der Waals surface area contributed by atoms with E-state index in [9.17, 15) is 15.2 Å². The van der Waals surface area contributed by atoms with Crippen LogP contribution in [0.1, 0.15) is 44.6 Å². The van der Waals surface area contributed by atoms with Gasteiger partial charge in [-0.25, -0.2) is 0 Å². The lowest BCUT2D eigenvalue weighted by Crippen LogP contribution is -2.21. The lowest BCUT2D eigenvalue weighted by Gasteiger charge is -2.23. The van der Waals surface area contributed by atoms with Gasteiger partial charge in [-0.3, -0.25) is 4.79 Å². The molecule has 2 rings (SSSR count). The third kappa shape index (κ3) is 3.04. The summed E-state index contributed by atoms with van der Waals surface area (Å²) in [4.78, 5) is 11.2. The maximum absolute atomic E-state index is 11.2. The van der Waals surface area contributed by atoms with Gasteiger partial charge in [0.05, 0.1) is 16.9 Å². The van der Waals surface area contributed by atoms with Crippen molar-refractivity contribution in [2.75, 3.05) is 0 Å². The molecule has 0 heterocycles. The van der Waals surface area contributed by atoms with Gasteiger partial charge < -0.3 is 5.11 Å². The van der Waals surface area contributed by atoms with E-state index in [1.165, 1.54) is 0 Å². The summed E-state index contributed by atoms with van der Waals surface area (Å²) in [7, 11) is 0. The first-order valence-electron chi connectivity index (χ1n) is 6.83. The summed E-state index contributed by atoms with van der Waals surface area (Å²) in [6.45, 7) is 1.93. The van der Waals surface area contributed by atoms with Crippen LogP contribution in [0.25, 0.3) is 0 Å². The van der Waals surface area contributed by atoms with E-state index < -0.39 is 16.8 Å². The SMILES string of the molecule is CC(C#N)(CCCC1(C(=O)O)CC1)c1cccc(Br)c1. The quantitative estimate of drug-likeness (QED) is 0.844. The normalized spacial score (nSPS) is 18.9. The van der Waals surface area contributed by atoms with E-state index in [0.29, 0.717) is 12.8 Å². The highest BCUT2D eigenvalue weighted by atomic mass is 79.9. The summed E-state index contributed by atoms with van der Waals surface area (Å²) in [5.41, 5.74) is -0.0685.